The SMILES string of the molecule is NC(=O)N1CCC(N[C@H]2CC3(CCC3)Oc3ccccc32)CC1. The van der Waals surface area contributed by atoms with Crippen LogP contribution in [0.3, 0.4) is 0 Å². The Kier molecular flexibility index (Phi) is 3.68. The number of benzene rings is 1. The number of amides is 2. The Morgan fingerprint density at radius 2 is 2.00 bits per heavy atom. The molecule has 3 N–H and O–H groups in total. The lowest BCUT2D eigenvalue weighted by Crippen LogP contribution is -2.52. The van der Waals surface area contributed by atoms with Crippen LogP contribution in [0.15, 0.2) is 24.3 Å². The molecule has 0 radical (unpaired) electrons. The number of para-hydroxylation sites is 1. The van der Waals surface area contributed by atoms with Crippen LogP contribution in [-0.2, 0) is 0 Å². The molecule has 23 heavy (non-hydrogen) atoms. The van der Waals surface area contributed by atoms with Gasteiger partial charge in [-0.15, -0.1) is 0 Å². The third-order valence-electron chi connectivity index (χ3n) is 5.71. The molecule has 1 aliphatic carbocycles. The first-order valence-corrected chi connectivity index (χ1v) is 8.74. The van der Waals surface area contributed by atoms with Gasteiger partial charge in [-0.3, -0.25) is 0 Å². The summed E-state index contributed by atoms with van der Waals surface area (Å²) in [6, 6.07) is 8.91. The Bertz CT molecular complexity index is 592. The summed E-state index contributed by atoms with van der Waals surface area (Å²) in [5.74, 6) is 1.05. The van der Waals surface area contributed by atoms with Gasteiger partial charge in [-0.05, 0) is 38.2 Å². The number of hydrogen-bond donors (Lipinski definition) is 2. The molecule has 1 aromatic carbocycles. The summed E-state index contributed by atoms with van der Waals surface area (Å²) in [6.45, 7) is 1.51. The highest BCUT2D eigenvalue weighted by molar-refractivity contribution is 5.72. The number of carbonyl (C=O) groups is 1. The van der Waals surface area contributed by atoms with Gasteiger partial charge in [0.05, 0.1) is 0 Å². The molecule has 1 spiro atoms. The molecule has 124 valence electrons. The van der Waals surface area contributed by atoms with E-state index >= 15 is 0 Å². The van der Waals surface area contributed by atoms with Gasteiger partial charge in [0, 0.05) is 37.2 Å². The first-order chi connectivity index (χ1) is 11.2. The molecule has 5 heteroatoms. The maximum atomic E-state index is 11.3. The topological polar surface area (TPSA) is 67.6 Å². The highest BCUT2D eigenvalue weighted by Gasteiger charge is 2.45. The lowest BCUT2D eigenvalue weighted by molar-refractivity contribution is -0.0386. The second kappa shape index (κ2) is 5.71. The first kappa shape index (κ1) is 14.8. The Balaban J connectivity index is 1.47. The number of rotatable bonds is 2. The van der Waals surface area contributed by atoms with E-state index in [0.717, 1.165) is 38.1 Å². The summed E-state index contributed by atoms with van der Waals surface area (Å²) in [5.41, 5.74) is 6.71. The van der Waals surface area contributed by atoms with Crippen molar-refractivity contribution in [2.24, 2.45) is 5.73 Å². The van der Waals surface area contributed by atoms with Gasteiger partial charge in [-0.2, -0.15) is 0 Å². The normalized spacial score (nSPS) is 26.3. The predicted octanol–water partition coefficient (Wildman–Crippen LogP) is 2.57. The fourth-order valence-corrected chi connectivity index (χ4v) is 4.20. The Morgan fingerprint density at radius 3 is 2.65 bits per heavy atom. The molecule has 3 aliphatic rings. The van der Waals surface area contributed by atoms with Crippen molar-refractivity contribution in [2.45, 2.75) is 56.2 Å². The minimum Gasteiger partial charge on any atom is -0.487 e. The minimum absolute atomic E-state index is 0.0555. The van der Waals surface area contributed by atoms with Crippen LogP contribution in [0, 0.1) is 0 Å². The zero-order chi connectivity index (χ0) is 15.9. The van der Waals surface area contributed by atoms with E-state index in [-0.39, 0.29) is 11.6 Å². The number of nitrogens with zero attached hydrogens (tertiary/aromatic N) is 1. The molecule has 0 bridgehead atoms. The summed E-state index contributed by atoms with van der Waals surface area (Å²) in [7, 11) is 0. The van der Waals surface area contributed by atoms with Crippen molar-refractivity contribution in [1.29, 1.82) is 0 Å². The lowest BCUT2D eigenvalue weighted by atomic mass is 9.72. The van der Waals surface area contributed by atoms with Crippen LogP contribution in [0.1, 0.15) is 50.1 Å². The second-order valence-electron chi connectivity index (χ2n) is 7.20. The number of primary amides is 1. The molecule has 1 saturated carbocycles. The number of likely N-dealkylation sites (tertiary alicyclic amines) is 1. The molecule has 5 nitrogen and oxygen atoms in total. The van der Waals surface area contributed by atoms with Crippen LogP contribution in [0.5, 0.6) is 5.75 Å². The van der Waals surface area contributed by atoms with E-state index in [1.54, 1.807) is 4.90 Å². The van der Waals surface area contributed by atoms with Gasteiger partial charge >= 0.3 is 6.03 Å². The van der Waals surface area contributed by atoms with Gasteiger partial charge in [0.2, 0.25) is 0 Å². The zero-order valence-electron chi connectivity index (χ0n) is 13.5. The Hall–Kier alpha value is -1.75. The van der Waals surface area contributed by atoms with Crippen LogP contribution in [0.25, 0.3) is 0 Å². The number of carbonyl (C=O) groups excluding carboxylic acids is 1. The fourth-order valence-electron chi connectivity index (χ4n) is 4.20. The van der Waals surface area contributed by atoms with Gasteiger partial charge in [-0.25, -0.2) is 4.79 Å². The minimum atomic E-state index is -0.298. The van der Waals surface area contributed by atoms with Crippen LogP contribution in [0.2, 0.25) is 0 Å². The largest absolute Gasteiger partial charge is 0.487 e. The van der Waals surface area contributed by atoms with E-state index < -0.39 is 0 Å². The highest BCUT2D eigenvalue weighted by Crippen LogP contribution is 2.48. The van der Waals surface area contributed by atoms with E-state index in [1.165, 1.54) is 24.8 Å². The van der Waals surface area contributed by atoms with Crippen molar-refractivity contribution in [3.8, 4) is 5.75 Å². The Morgan fingerprint density at radius 1 is 1.26 bits per heavy atom. The molecule has 1 saturated heterocycles. The third-order valence-corrected chi connectivity index (χ3v) is 5.71. The number of ether oxygens (including phenoxy) is 1. The molecule has 2 fully saturated rings. The number of piperidine rings is 1. The van der Waals surface area contributed by atoms with Crippen molar-refractivity contribution in [1.82, 2.24) is 10.2 Å². The average Bonchev–Trinajstić information content (AvgIpc) is 2.54. The maximum Gasteiger partial charge on any atom is 0.314 e. The van der Waals surface area contributed by atoms with Crippen LogP contribution in [0.4, 0.5) is 4.79 Å². The zero-order valence-corrected chi connectivity index (χ0v) is 13.5. The summed E-state index contributed by atoms with van der Waals surface area (Å²) in [5, 5.41) is 3.84. The van der Waals surface area contributed by atoms with Crippen molar-refractivity contribution in [3.05, 3.63) is 29.8 Å². The summed E-state index contributed by atoms with van der Waals surface area (Å²) >= 11 is 0. The predicted molar refractivity (Wildman–Crippen MR) is 88.3 cm³/mol. The fraction of sp³-hybridized carbons (Fsp3) is 0.611. The molecule has 1 aromatic rings. The number of fused-ring (bicyclic) bond motifs is 1. The molecule has 0 unspecified atom stereocenters. The third kappa shape index (κ3) is 2.78. The lowest BCUT2D eigenvalue weighted by Gasteiger charge is -2.49. The molecular weight excluding hydrogens is 290 g/mol. The molecule has 2 aliphatic heterocycles. The summed E-state index contributed by atoms with van der Waals surface area (Å²) in [4.78, 5) is 13.0. The van der Waals surface area contributed by atoms with Gasteiger partial charge in [0.1, 0.15) is 11.4 Å². The molecule has 2 heterocycles. The van der Waals surface area contributed by atoms with Crippen molar-refractivity contribution >= 4 is 6.03 Å². The number of nitrogens with one attached hydrogen (secondary N) is 1. The second-order valence-corrected chi connectivity index (χ2v) is 7.20. The van der Waals surface area contributed by atoms with Gasteiger partial charge in [0.25, 0.3) is 0 Å². The first-order valence-electron chi connectivity index (χ1n) is 8.74. The average molecular weight is 315 g/mol. The number of hydrogen-bond acceptors (Lipinski definition) is 3. The van der Waals surface area contributed by atoms with Gasteiger partial charge < -0.3 is 20.7 Å². The van der Waals surface area contributed by atoms with Crippen LogP contribution >= 0.6 is 0 Å². The van der Waals surface area contributed by atoms with Crippen LogP contribution < -0.4 is 15.8 Å². The van der Waals surface area contributed by atoms with E-state index in [9.17, 15) is 4.79 Å². The molecular formula is C18H25N3O2. The molecule has 0 aromatic heterocycles. The van der Waals surface area contributed by atoms with E-state index in [0.29, 0.717) is 12.1 Å². The summed E-state index contributed by atoms with van der Waals surface area (Å²) in [6.07, 6.45) is 6.59. The molecule has 4 rings (SSSR count). The Labute approximate surface area is 137 Å². The molecule has 2 amide bonds. The van der Waals surface area contributed by atoms with E-state index in [2.05, 4.69) is 29.6 Å². The van der Waals surface area contributed by atoms with E-state index in [4.69, 9.17) is 10.5 Å². The smallest absolute Gasteiger partial charge is 0.314 e. The van der Waals surface area contributed by atoms with Gasteiger partial charge in [-0.1, -0.05) is 18.2 Å². The van der Waals surface area contributed by atoms with Gasteiger partial charge in [0.15, 0.2) is 0 Å². The highest BCUT2D eigenvalue weighted by atomic mass is 16.5. The van der Waals surface area contributed by atoms with E-state index in [1.807, 2.05) is 0 Å². The molecule has 1 atom stereocenters. The van der Waals surface area contributed by atoms with Crippen molar-refractivity contribution in [3.63, 3.8) is 0 Å². The van der Waals surface area contributed by atoms with Crippen molar-refractivity contribution < 1.29 is 9.53 Å². The maximum absolute atomic E-state index is 11.3. The summed E-state index contributed by atoms with van der Waals surface area (Å²) < 4.78 is 6.31. The monoisotopic (exact) mass is 315 g/mol. The number of nitrogens with two attached hydrogens (primary N) is 1. The quantitative estimate of drug-likeness (QED) is 0.881. The van der Waals surface area contributed by atoms with Crippen molar-refractivity contribution in [2.75, 3.05) is 13.1 Å². The standard InChI is InChI=1S/C18H25N3O2/c19-17(22)21-10-6-13(7-11-21)20-15-12-18(8-3-9-18)23-16-5-2-1-4-14(15)16/h1-2,4-5,13,15,20H,3,6-12H2,(H2,19,22)/t15-/m0/s1. The number of urea groups is 1. The van der Waals surface area contributed by atoms with Crippen LogP contribution in [-0.4, -0.2) is 35.7 Å².